The Morgan fingerprint density at radius 3 is 2.50 bits per heavy atom. The van der Waals surface area contributed by atoms with Gasteiger partial charge >= 0.3 is 0 Å². The molecule has 0 amide bonds. The van der Waals surface area contributed by atoms with E-state index in [9.17, 15) is 8.42 Å². The highest BCUT2D eigenvalue weighted by Crippen LogP contribution is 2.05. The molecule has 5 nitrogen and oxygen atoms in total. The van der Waals surface area contributed by atoms with Crippen LogP contribution in [0.5, 0.6) is 0 Å². The molecule has 0 spiro atoms. The molecule has 96 valence electrons. The molecule has 0 unspecified atom stereocenters. The van der Waals surface area contributed by atoms with Crippen LogP contribution in [0.1, 0.15) is 25.7 Å². The Labute approximate surface area is 98.4 Å². The number of hydrogen-bond acceptors (Lipinski definition) is 4. The van der Waals surface area contributed by atoms with Crippen LogP contribution in [0.15, 0.2) is 0 Å². The lowest BCUT2D eigenvalue weighted by molar-refractivity contribution is 0.344. The average Bonchev–Trinajstić information content (AvgIpc) is 2.70. The summed E-state index contributed by atoms with van der Waals surface area (Å²) in [6.07, 6.45) is 3.90. The lowest BCUT2D eigenvalue weighted by Gasteiger charge is -2.14. The van der Waals surface area contributed by atoms with Gasteiger partial charge in [0, 0.05) is 13.1 Å². The summed E-state index contributed by atoms with van der Waals surface area (Å²) in [6.45, 7) is 4.13. The van der Waals surface area contributed by atoms with Crippen molar-refractivity contribution >= 4 is 10.0 Å². The predicted octanol–water partition coefficient (Wildman–Crippen LogP) is -0.259. The van der Waals surface area contributed by atoms with Crippen molar-refractivity contribution in [2.75, 3.05) is 38.5 Å². The average molecular weight is 249 g/mol. The molecule has 0 aromatic rings. The minimum Gasteiger partial charge on any atom is -0.330 e. The van der Waals surface area contributed by atoms with Gasteiger partial charge in [-0.15, -0.1) is 0 Å². The lowest BCUT2D eigenvalue weighted by Crippen LogP contribution is -2.34. The molecule has 16 heavy (non-hydrogen) atoms. The number of nitrogens with zero attached hydrogens (tertiary/aromatic N) is 1. The van der Waals surface area contributed by atoms with Crippen molar-refractivity contribution in [3.63, 3.8) is 0 Å². The first kappa shape index (κ1) is 13.9. The van der Waals surface area contributed by atoms with Crippen molar-refractivity contribution in [2.24, 2.45) is 5.73 Å². The predicted molar refractivity (Wildman–Crippen MR) is 65.8 cm³/mol. The van der Waals surface area contributed by atoms with E-state index in [2.05, 4.69) is 9.62 Å². The molecule has 0 radical (unpaired) electrons. The number of hydrogen-bond donors (Lipinski definition) is 2. The van der Waals surface area contributed by atoms with E-state index in [1.807, 2.05) is 0 Å². The van der Waals surface area contributed by atoms with E-state index in [4.69, 9.17) is 5.73 Å². The first-order chi connectivity index (χ1) is 7.64. The second kappa shape index (κ2) is 7.21. The SMILES string of the molecule is NCCCCS(=O)(=O)NCCN1CCCC1. The normalized spacial score (nSPS) is 18.1. The third-order valence-corrected chi connectivity index (χ3v) is 4.29. The smallest absolute Gasteiger partial charge is 0.211 e. The summed E-state index contributed by atoms with van der Waals surface area (Å²) in [5.41, 5.74) is 5.32. The highest BCUT2D eigenvalue weighted by atomic mass is 32.2. The minimum atomic E-state index is -3.08. The van der Waals surface area contributed by atoms with Gasteiger partial charge in [-0.05, 0) is 45.3 Å². The topological polar surface area (TPSA) is 75.4 Å². The highest BCUT2D eigenvalue weighted by molar-refractivity contribution is 7.89. The van der Waals surface area contributed by atoms with Crippen molar-refractivity contribution in [2.45, 2.75) is 25.7 Å². The molecule has 0 aliphatic carbocycles. The summed E-state index contributed by atoms with van der Waals surface area (Å²) in [7, 11) is -3.08. The van der Waals surface area contributed by atoms with Crippen LogP contribution in [0, 0.1) is 0 Å². The summed E-state index contributed by atoms with van der Waals surface area (Å²) < 4.78 is 25.7. The Bertz CT molecular complexity index is 274. The summed E-state index contributed by atoms with van der Waals surface area (Å²) in [5, 5.41) is 0. The Morgan fingerprint density at radius 2 is 1.88 bits per heavy atom. The van der Waals surface area contributed by atoms with Gasteiger partial charge in [0.05, 0.1) is 5.75 Å². The summed E-state index contributed by atoms with van der Waals surface area (Å²) >= 11 is 0. The molecule has 0 aromatic heterocycles. The first-order valence-corrected chi connectivity index (χ1v) is 7.69. The van der Waals surface area contributed by atoms with E-state index in [1.54, 1.807) is 0 Å². The van der Waals surface area contributed by atoms with E-state index in [0.29, 0.717) is 19.5 Å². The first-order valence-electron chi connectivity index (χ1n) is 6.04. The molecule has 6 heteroatoms. The van der Waals surface area contributed by atoms with E-state index in [0.717, 1.165) is 26.1 Å². The second-order valence-corrected chi connectivity index (χ2v) is 6.18. The van der Waals surface area contributed by atoms with E-state index in [1.165, 1.54) is 12.8 Å². The number of rotatable bonds is 8. The summed E-state index contributed by atoms with van der Waals surface area (Å²) in [5.74, 6) is 0.199. The molecule has 3 N–H and O–H groups in total. The Morgan fingerprint density at radius 1 is 1.19 bits per heavy atom. The van der Waals surface area contributed by atoms with Crippen molar-refractivity contribution < 1.29 is 8.42 Å². The number of nitrogens with two attached hydrogens (primary N) is 1. The Balaban J connectivity index is 2.09. The lowest BCUT2D eigenvalue weighted by atomic mass is 10.3. The molecule has 1 aliphatic rings. The maximum absolute atomic E-state index is 11.5. The molecule has 0 atom stereocenters. The Hall–Kier alpha value is -0.170. The maximum Gasteiger partial charge on any atom is 0.211 e. The fourth-order valence-corrected chi connectivity index (χ4v) is 3.00. The van der Waals surface area contributed by atoms with Gasteiger partial charge in [0.1, 0.15) is 0 Å². The van der Waals surface area contributed by atoms with Gasteiger partial charge in [-0.2, -0.15) is 0 Å². The van der Waals surface area contributed by atoms with Crippen LogP contribution in [-0.4, -0.2) is 51.8 Å². The van der Waals surface area contributed by atoms with Gasteiger partial charge in [-0.1, -0.05) is 0 Å². The van der Waals surface area contributed by atoms with Crippen LogP contribution >= 0.6 is 0 Å². The third-order valence-electron chi connectivity index (χ3n) is 2.82. The van der Waals surface area contributed by atoms with Gasteiger partial charge in [0.15, 0.2) is 0 Å². The minimum absolute atomic E-state index is 0.199. The zero-order valence-corrected chi connectivity index (χ0v) is 10.6. The van der Waals surface area contributed by atoms with E-state index >= 15 is 0 Å². The molecule has 0 bridgehead atoms. The second-order valence-electron chi connectivity index (χ2n) is 4.26. The van der Waals surface area contributed by atoms with Crippen LogP contribution in [0.4, 0.5) is 0 Å². The van der Waals surface area contributed by atoms with Gasteiger partial charge < -0.3 is 10.6 Å². The molecule has 0 saturated carbocycles. The van der Waals surface area contributed by atoms with Crippen molar-refractivity contribution in [1.82, 2.24) is 9.62 Å². The zero-order chi connectivity index (χ0) is 11.9. The van der Waals surface area contributed by atoms with Gasteiger partial charge in [-0.3, -0.25) is 0 Å². The maximum atomic E-state index is 11.5. The molecule has 1 aliphatic heterocycles. The van der Waals surface area contributed by atoms with Gasteiger partial charge in [0.25, 0.3) is 0 Å². The van der Waals surface area contributed by atoms with E-state index in [-0.39, 0.29) is 5.75 Å². The highest BCUT2D eigenvalue weighted by Gasteiger charge is 2.13. The van der Waals surface area contributed by atoms with E-state index < -0.39 is 10.0 Å². The monoisotopic (exact) mass is 249 g/mol. The van der Waals surface area contributed by atoms with Crippen LogP contribution in [0.25, 0.3) is 0 Å². The number of unbranched alkanes of at least 4 members (excludes halogenated alkanes) is 1. The summed E-state index contributed by atoms with van der Waals surface area (Å²) in [4.78, 5) is 2.29. The largest absolute Gasteiger partial charge is 0.330 e. The van der Waals surface area contributed by atoms with Crippen LogP contribution in [0.2, 0.25) is 0 Å². The van der Waals surface area contributed by atoms with Crippen LogP contribution < -0.4 is 10.5 Å². The molecule has 1 rings (SSSR count). The zero-order valence-electron chi connectivity index (χ0n) is 9.82. The van der Waals surface area contributed by atoms with Crippen molar-refractivity contribution in [1.29, 1.82) is 0 Å². The van der Waals surface area contributed by atoms with Crippen LogP contribution in [-0.2, 0) is 10.0 Å². The van der Waals surface area contributed by atoms with Gasteiger partial charge in [0.2, 0.25) is 10.0 Å². The molecule has 1 heterocycles. The summed E-state index contributed by atoms with van der Waals surface area (Å²) in [6, 6.07) is 0. The number of sulfonamides is 1. The number of likely N-dealkylation sites (tertiary alicyclic amines) is 1. The molecule has 0 aromatic carbocycles. The quantitative estimate of drug-likeness (QED) is 0.581. The Kier molecular flexibility index (Phi) is 6.26. The third kappa shape index (κ3) is 5.79. The molecular weight excluding hydrogens is 226 g/mol. The molecule has 1 fully saturated rings. The molecule has 1 saturated heterocycles. The fourth-order valence-electron chi connectivity index (χ4n) is 1.87. The molecular formula is C10H23N3O2S. The fraction of sp³-hybridized carbons (Fsp3) is 1.00. The van der Waals surface area contributed by atoms with Crippen molar-refractivity contribution in [3.8, 4) is 0 Å². The number of nitrogens with one attached hydrogen (secondary N) is 1. The van der Waals surface area contributed by atoms with Crippen LogP contribution in [0.3, 0.4) is 0 Å². The standard InChI is InChI=1S/C10H23N3O2S/c11-5-1-4-10-16(14,15)12-6-9-13-7-2-3-8-13/h12H,1-11H2. The van der Waals surface area contributed by atoms with Gasteiger partial charge in [-0.25, -0.2) is 13.1 Å². The van der Waals surface area contributed by atoms with Crippen molar-refractivity contribution in [3.05, 3.63) is 0 Å².